The van der Waals surface area contributed by atoms with Crippen LogP contribution in [0.2, 0.25) is 0 Å². The number of fused-ring (bicyclic) bond motifs is 2. The zero-order chi connectivity index (χ0) is 16.7. The van der Waals surface area contributed by atoms with E-state index in [-0.39, 0.29) is 18.4 Å². The van der Waals surface area contributed by atoms with E-state index in [4.69, 9.17) is 0 Å². The van der Waals surface area contributed by atoms with E-state index >= 15 is 0 Å². The van der Waals surface area contributed by atoms with Crippen LogP contribution >= 0.6 is 11.3 Å². The number of urea groups is 1. The van der Waals surface area contributed by atoms with Gasteiger partial charge in [-0.3, -0.25) is 14.5 Å². The van der Waals surface area contributed by atoms with E-state index in [1.807, 2.05) is 11.4 Å². The molecule has 1 aliphatic carbocycles. The van der Waals surface area contributed by atoms with Crippen LogP contribution in [-0.4, -0.2) is 47.3 Å². The fraction of sp³-hybridized carbons (Fsp3) is 0.588. The van der Waals surface area contributed by atoms with E-state index in [0.717, 1.165) is 55.7 Å². The van der Waals surface area contributed by atoms with Gasteiger partial charge in [-0.15, -0.1) is 11.3 Å². The summed E-state index contributed by atoms with van der Waals surface area (Å²) in [5.74, 6) is -0.395. The summed E-state index contributed by atoms with van der Waals surface area (Å²) in [6.07, 6.45) is 5.55. The highest BCUT2D eigenvalue weighted by Crippen LogP contribution is 2.42. The van der Waals surface area contributed by atoms with Crippen molar-refractivity contribution in [1.29, 1.82) is 0 Å². The van der Waals surface area contributed by atoms with Crippen LogP contribution in [0.25, 0.3) is 0 Å². The second-order valence-electron chi connectivity index (χ2n) is 6.78. The number of amides is 4. The number of thiophene rings is 1. The number of aryl methyl sites for hydroxylation is 1. The Morgan fingerprint density at radius 1 is 1.21 bits per heavy atom. The minimum atomic E-state index is -0.952. The molecule has 3 aliphatic rings. The van der Waals surface area contributed by atoms with E-state index in [1.54, 1.807) is 16.2 Å². The average Bonchev–Trinajstić information content (AvgIpc) is 3.16. The van der Waals surface area contributed by atoms with Gasteiger partial charge in [-0.1, -0.05) is 0 Å². The Hall–Kier alpha value is -1.89. The number of likely N-dealkylation sites (tertiary alicyclic amines) is 1. The molecule has 128 valence electrons. The van der Waals surface area contributed by atoms with Gasteiger partial charge in [0.15, 0.2) is 0 Å². The smallest absolute Gasteiger partial charge is 0.325 e. The minimum absolute atomic E-state index is 0.128. The molecule has 0 saturated carbocycles. The number of rotatable bonds is 2. The van der Waals surface area contributed by atoms with Crippen molar-refractivity contribution in [1.82, 2.24) is 15.1 Å². The Morgan fingerprint density at radius 2 is 2.00 bits per heavy atom. The molecule has 1 unspecified atom stereocenters. The van der Waals surface area contributed by atoms with Gasteiger partial charge in [0.25, 0.3) is 5.91 Å². The van der Waals surface area contributed by atoms with Crippen LogP contribution < -0.4 is 5.32 Å². The lowest BCUT2D eigenvalue weighted by atomic mass is 9.80. The van der Waals surface area contributed by atoms with Crippen molar-refractivity contribution in [2.45, 2.75) is 44.1 Å². The van der Waals surface area contributed by atoms with Crippen LogP contribution in [0.3, 0.4) is 0 Å². The Balaban J connectivity index is 1.56. The highest BCUT2D eigenvalue weighted by atomic mass is 32.1. The number of hydrogen-bond acceptors (Lipinski definition) is 4. The zero-order valence-corrected chi connectivity index (χ0v) is 14.4. The van der Waals surface area contributed by atoms with Crippen molar-refractivity contribution in [2.24, 2.45) is 0 Å². The minimum Gasteiger partial charge on any atom is -0.341 e. The lowest BCUT2D eigenvalue weighted by Gasteiger charge is -2.31. The fourth-order valence-corrected chi connectivity index (χ4v) is 5.06. The van der Waals surface area contributed by atoms with Gasteiger partial charge in [0, 0.05) is 23.5 Å². The molecule has 1 aromatic rings. The Bertz CT molecular complexity index is 695. The third-order valence-corrected chi connectivity index (χ3v) is 6.32. The predicted octanol–water partition coefficient (Wildman–Crippen LogP) is 1.84. The molecule has 0 bridgehead atoms. The quantitative estimate of drug-likeness (QED) is 0.830. The van der Waals surface area contributed by atoms with Crippen molar-refractivity contribution in [3.63, 3.8) is 0 Å². The van der Waals surface area contributed by atoms with Crippen LogP contribution in [0.1, 0.15) is 42.5 Å². The molecule has 4 rings (SSSR count). The zero-order valence-electron chi connectivity index (χ0n) is 13.5. The van der Waals surface area contributed by atoms with E-state index in [0.29, 0.717) is 6.42 Å². The van der Waals surface area contributed by atoms with E-state index in [1.165, 1.54) is 4.88 Å². The molecule has 1 aromatic heterocycles. The topological polar surface area (TPSA) is 69.7 Å². The molecule has 1 N–H and O–H groups in total. The fourth-order valence-electron chi connectivity index (χ4n) is 4.06. The summed E-state index contributed by atoms with van der Waals surface area (Å²) in [6.45, 7) is 1.30. The maximum absolute atomic E-state index is 13.0. The van der Waals surface area contributed by atoms with E-state index < -0.39 is 11.6 Å². The van der Waals surface area contributed by atoms with Crippen LogP contribution in [0.5, 0.6) is 0 Å². The third-order valence-electron chi connectivity index (χ3n) is 5.34. The standard InChI is InChI=1S/C17H21N3O3S/c21-14(19-8-2-1-3-9-19)11-20-15(22)17(18-16(20)23)7-4-5-13-12(17)6-10-24-13/h6,10H,1-5,7-9,11H2,(H,18,23). The lowest BCUT2D eigenvalue weighted by Crippen LogP contribution is -2.47. The molecule has 2 fully saturated rings. The molecule has 1 spiro atoms. The number of imide groups is 1. The first-order chi connectivity index (χ1) is 11.6. The number of carbonyl (C=O) groups is 3. The SMILES string of the molecule is O=C(CN1C(=O)NC2(CCCc3sccc32)C1=O)N1CCCCC1. The summed E-state index contributed by atoms with van der Waals surface area (Å²) in [7, 11) is 0. The van der Waals surface area contributed by atoms with Gasteiger partial charge in [0.2, 0.25) is 5.91 Å². The van der Waals surface area contributed by atoms with Gasteiger partial charge in [-0.05, 0) is 50.0 Å². The van der Waals surface area contributed by atoms with E-state index in [9.17, 15) is 14.4 Å². The summed E-state index contributed by atoms with van der Waals surface area (Å²) in [5, 5.41) is 4.86. The average molecular weight is 347 g/mol. The number of piperidine rings is 1. The molecule has 3 heterocycles. The summed E-state index contributed by atoms with van der Waals surface area (Å²) in [5.41, 5.74) is -0.0302. The molecule has 0 aromatic carbocycles. The predicted molar refractivity (Wildman–Crippen MR) is 89.6 cm³/mol. The highest BCUT2D eigenvalue weighted by molar-refractivity contribution is 7.10. The summed E-state index contributed by atoms with van der Waals surface area (Å²) in [4.78, 5) is 42.0. The number of nitrogens with one attached hydrogen (secondary N) is 1. The van der Waals surface area contributed by atoms with Crippen molar-refractivity contribution < 1.29 is 14.4 Å². The first kappa shape index (κ1) is 15.6. The molecule has 24 heavy (non-hydrogen) atoms. The highest BCUT2D eigenvalue weighted by Gasteiger charge is 2.54. The summed E-state index contributed by atoms with van der Waals surface area (Å²) >= 11 is 1.63. The Labute approximate surface area is 144 Å². The molecule has 2 aliphatic heterocycles. The molecular weight excluding hydrogens is 326 g/mol. The van der Waals surface area contributed by atoms with Crippen LogP contribution in [0.4, 0.5) is 4.79 Å². The molecule has 0 radical (unpaired) electrons. The van der Waals surface area contributed by atoms with Crippen molar-refractivity contribution >= 4 is 29.2 Å². The summed E-state index contributed by atoms with van der Waals surface area (Å²) < 4.78 is 0. The van der Waals surface area contributed by atoms with Gasteiger partial charge in [0.05, 0.1) is 0 Å². The number of carbonyl (C=O) groups excluding carboxylic acids is 3. The van der Waals surface area contributed by atoms with Gasteiger partial charge in [-0.25, -0.2) is 4.79 Å². The van der Waals surface area contributed by atoms with Gasteiger partial charge in [-0.2, -0.15) is 0 Å². The van der Waals surface area contributed by atoms with Gasteiger partial charge in [0.1, 0.15) is 12.1 Å². The normalized spacial score (nSPS) is 26.7. The van der Waals surface area contributed by atoms with Gasteiger partial charge < -0.3 is 10.2 Å². The molecule has 4 amide bonds. The van der Waals surface area contributed by atoms with Crippen LogP contribution in [0.15, 0.2) is 11.4 Å². The molecular formula is C17H21N3O3S. The Morgan fingerprint density at radius 3 is 2.79 bits per heavy atom. The number of hydrogen-bond donors (Lipinski definition) is 1. The van der Waals surface area contributed by atoms with E-state index in [2.05, 4.69) is 5.32 Å². The monoisotopic (exact) mass is 347 g/mol. The second kappa shape index (κ2) is 5.88. The molecule has 6 nitrogen and oxygen atoms in total. The Kier molecular flexibility index (Phi) is 3.83. The third kappa shape index (κ3) is 2.33. The van der Waals surface area contributed by atoms with Crippen LogP contribution in [-0.2, 0) is 21.5 Å². The number of nitrogens with zero attached hydrogens (tertiary/aromatic N) is 2. The molecule has 1 atom stereocenters. The maximum Gasteiger partial charge on any atom is 0.325 e. The maximum atomic E-state index is 13.0. The van der Waals surface area contributed by atoms with Gasteiger partial charge >= 0.3 is 6.03 Å². The lowest BCUT2D eigenvalue weighted by molar-refractivity contribution is -0.139. The first-order valence-electron chi connectivity index (χ1n) is 8.60. The molecule has 7 heteroatoms. The summed E-state index contributed by atoms with van der Waals surface area (Å²) in [6, 6.07) is 1.50. The van der Waals surface area contributed by atoms with Crippen LogP contribution in [0, 0.1) is 0 Å². The molecule has 2 saturated heterocycles. The van der Waals surface area contributed by atoms with Crippen molar-refractivity contribution in [2.75, 3.05) is 19.6 Å². The first-order valence-corrected chi connectivity index (χ1v) is 9.48. The second-order valence-corrected chi connectivity index (χ2v) is 7.78. The van der Waals surface area contributed by atoms with Crippen molar-refractivity contribution in [3.8, 4) is 0 Å². The van der Waals surface area contributed by atoms with Crippen molar-refractivity contribution in [3.05, 3.63) is 21.9 Å². The largest absolute Gasteiger partial charge is 0.341 e.